The lowest BCUT2D eigenvalue weighted by Gasteiger charge is -2.29. The molecule has 0 atom stereocenters. The molecule has 0 aromatic rings. The van der Waals surface area contributed by atoms with Gasteiger partial charge in [-0.05, 0) is 41.0 Å². The molecule has 0 aromatic heterocycles. The van der Waals surface area contributed by atoms with E-state index in [1.165, 1.54) is 0 Å². The van der Waals surface area contributed by atoms with E-state index < -0.39 is 8.80 Å². The first-order valence-electron chi connectivity index (χ1n) is 7.82. The highest BCUT2D eigenvalue weighted by Crippen LogP contribution is 2.18. The van der Waals surface area contributed by atoms with Crippen LogP contribution < -0.4 is 0 Å². The molecule has 0 fully saturated rings. The van der Waals surface area contributed by atoms with Gasteiger partial charge in [-0.25, -0.2) is 0 Å². The average molecular weight is 318 g/mol. The summed E-state index contributed by atoms with van der Waals surface area (Å²) >= 11 is 0. The van der Waals surface area contributed by atoms with Crippen LogP contribution in [-0.2, 0) is 18.1 Å². The highest BCUT2D eigenvalue weighted by Gasteiger charge is 2.39. The monoisotopic (exact) mass is 317 g/mol. The van der Waals surface area contributed by atoms with Crippen molar-refractivity contribution in [3.8, 4) is 0 Å². The minimum Gasteiger partial charge on any atom is -0.374 e. The fourth-order valence-electron chi connectivity index (χ4n) is 2.16. The van der Waals surface area contributed by atoms with Crippen LogP contribution in [0.4, 0.5) is 0 Å². The average Bonchev–Trinajstić information content (AvgIpc) is 2.43. The van der Waals surface area contributed by atoms with E-state index in [1.54, 1.807) is 11.8 Å². The predicted octanol–water partition coefficient (Wildman–Crippen LogP) is 2.85. The van der Waals surface area contributed by atoms with Gasteiger partial charge in [0.25, 0.3) is 0 Å². The quantitative estimate of drug-likeness (QED) is 0.410. The first-order chi connectivity index (χ1) is 9.96. The van der Waals surface area contributed by atoms with Crippen molar-refractivity contribution in [2.75, 3.05) is 32.9 Å². The molecule has 0 aliphatic heterocycles. The topological polar surface area (TPSA) is 48.0 Å². The summed E-state index contributed by atoms with van der Waals surface area (Å²) in [6.45, 7) is 16.3. The molecule has 0 saturated heterocycles. The molecule has 0 rings (SSSR count). The Labute approximate surface area is 130 Å². The van der Waals surface area contributed by atoms with E-state index in [0.717, 1.165) is 12.5 Å². The summed E-state index contributed by atoms with van der Waals surface area (Å²) < 4.78 is 17.4. The third kappa shape index (κ3) is 7.22. The normalized spacial score (nSPS) is 11.5. The van der Waals surface area contributed by atoms with Crippen LogP contribution in [0.25, 0.3) is 0 Å². The van der Waals surface area contributed by atoms with Gasteiger partial charge in [0.2, 0.25) is 5.91 Å². The van der Waals surface area contributed by atoms with Crippen molar-refractivity contribution in [1.82, 2.24) is 4.90 Å². The lowest BCUT2D eigenvalue weighted by atomic mass is 10.3. The van der Waals surface area contributed by atoms with E-state index in [9.17, 15) is 4.79 Å². The van der Waals surface area contributed by atoms with E-state index in [4.69, 9.17) is 13.3 Å². The Morgan fingerprint density at radius 3 is 1.86 bits per heavy atom. The second-order valence-corrected chi connectivity index (χ2v) is 7.48. The number of nitrogens with zero attached hydrogens (tertiary/aromatic N) is 1. The van der Waals surface area contributed by atoms with E-state index in [0.29, 0.717) is 38.5 Å². The van der Waals surface area contributed by atoms with Crippen molar-refractivity contribution in [2.24, 2.45) is 0 Å². The lowest BCUT2D eigenvalue weighted by Crippen LogP contribution is -2.46. The van der Waals surface area contributed by atoms with Gasteiger partial charge in [-0.3, -0.25) is 4.79 Å². The Bertz CT molecular complexity index is 306. The Kier molecular flexibility index (Phi) is 10.6. The van der Waals surface area contributed by atoms with Crippen LogP contribution in [0.15, 0.2) is 12.2 Å². The molecule has 0 unspecified atom stereocenters. The summed E-state index contributed by atoms with van der Waals surface area (Å²) in [6.07, 6.45) is 0.805. The van der Waals surface area contributed by atoms with Gasteiger partial charge in [-0.15, -0.1) is 0 Å². The van der Waals surface area contributed by atoms with Crippen molar-refractivity contribution < 1.29 is 18.1 Å². The molecule has 5 nitrogen and oxygen atoms in total. The minimum absolute atomic E-state index is 0.00833. The maximum absolute atomic E-state index is 12.0. The zero-order chi connectivity index (χ0) is 16.3. The summed E-state index contributed by atoms with van der Waals surface area (Å²) in [5.74, 6) is 0.00833. The number of rotatable bonds is 12. The number of carbonyl (C=O) groups is 1. The van der Waals surface area contributed by atoms with Gasteiger partial charge in [-0.2, -0.15) is 0 Å². The molecule has 21 heavy (non-hydrogen) atoms. The van der Waals surface area contributed by atoms with Gasteiger partial charge in [0.15, 0.2) is 0 Å². The van der Waals surface area contributed by atoms with Gasteiger partial charge in [0, 0.05) is 44.5 Å². The molecule has 124 valence electrons. The molecule has 0 aliphatic rings. The van der Waals surface area contributed by atoms with Crippen molar-refractivity contribution in [3.05, 3.63) is 12.2 Å². The number of hydrogen-bond donors (Lipinski definition) is 0. The maximum atomic E-state index is 12.0. The smallest absolute Gasteiger partial charge is 0.374 e. The second-order valence-electron chi connectivity index (χ2n) is 4.75. The summed E-state index contributed by atoms with van der Waals surface area (Å²) in [7, 11) is -2.60. The molecule has 0 aliphatic carbocycles. The minimum atomic E-state index is -2.60. The van der Waals surface area contributed by atoms with Gasteiger partial charge in [0.05, 0.1) is 0 Å². The maximum Gasteiger partial charge on any atom is 0.500 e. The second kappa shape index (κ2) is 11.0. The molecular weight excluding hydrogens is 286 g/mol. The number of carbonyl (C=O) groups excluding carboxylic acids is 1. The standard InChI is InChI=1S/C15H31NO4Si/c1-7-16(15(17)14(5)6)12-11-13-21(18-8-2,19-9-3)20-10-4/h5,7-13H2,1-4,6H3. The fourth-order valence-corrected chi connectivity index (χ4v) is 4.75. The lowest BCUT2D eigenvalue weighted by molar-refractivity contribution is -0.126. The van der Waals surface area contributed by atoms with Gasteiger partial charge in [0.1, 0.15) is 0 Å². The third-order valence-corrected chi connectivity index (χ3v) is 6.19. The van der Waals surface area contributed by atoms with E-state index >= 15 is 0 Å². The Morgan fingerprint density at radius 2 is 1.52 bits per heavy atom. The van der Waals surface area contributed by atoms with E-state index in [2.05, 4.69) is 6.58 Å². The van der Waals surface area contributed by atoms with Crippen LogP contribution >= 0.6 is 0 Å². The molecule has 0 saturated carbocycles. The van der Waals surface area contributed by atoms with Crippen molar-refractivity contribution in [3.63, 3.8) is 0 Å². The fraction of sp³-hybridized carbons (Fsp3) is 0.800. The molecule has 0 aromatic carbocycles. The number of likely N-dealkylation sites (N-methyl/N-ethyl adjacent to an activating group) is 1. The van der Waals surface area contributed by atoms with Gasteiger partial charge < -0.3 is 18.2 Å². The van der Waals surface area contributed by atoms with Crippen LogP contribution in [0.2, 0.25) is 6.04 Å². The van der Waals surface area contributed by atoms with Crippen molar-refractivity contribution in [1.29, 1.82) is 0 Å². The first kappa shape index (κ1) is 20.3. The zero-order valence-corrected chi connectivity index (χ0v) is 15.2. The molecule has 0 heterocycles. The largest absolute Gasteiger partial charge is 0.500 e. The molecule has 0 radical (unpaired) electrons. The van der Waals surface area contributed by atoms with Crippen molar-refractivity contribution in [2.45, 2.75) is 47.1 Å². The Morgan fingerprint density at radius 1 is 1.05 bits per heavy atom. The van der Waals surface area contributed by atoms with Crippen LogP contribution in [-0.4, -0.2) is 52.5 Å². The third-order valence-electron chi connectivity index (χ3n) is 3.04. The van der Waals surface area contributed by atoms with Crippen LogP contribution in [0, 0.1) is 0 Å². The summed E-state index contributed by atoms with van der Waals surface area (Å²) in [6, 6.07) is 0.725. The summed E-state index contributed by atoms with van der Waals surface area (Å²) in [4.78, 5) is 13.7. The van der Waals surface area contributed by atoms with Crippen LogP contribution in [0.5, 0.6) is 0 Å². The molecule has 6 heteroatoms. The molecule has 0 N–H and O–H groups in total. The molecular formula is C15H31NO4Si. The van der Waals surface area contributed by atoms with Crippen LogP contribution in [0.3, 0.4) is 0 Å². The van der Waals surface area contributed by atoms with E-state index in [-0.39, 0.29) is 5.91 Å². The zero-order valence-electron chi connectivity index (χ0n) is 14.2. The SMILES string of the molecule is C=C(C)C(=O)N(CC)CCC[Si](OCC)(OCC)OCC. The molecule has 0 bridgehead atoms. The Balaban J connectivity index is 4.58. The van der Waals surface area contributed by atoms with Gasteiger partial charge in [-0.1, -0.05) is 6.58 Å². The Hall–Kier alpha value is -0.693. The number of amides is 1. The summed E-state index contributed by atoms with van der Waals surface area (Å²) in [5, 5.41) is 0. The highest BCUT2D eigenvalue weighted by molar-refractivity contribution is 6.60. The van der Waals surface area contributed by atoms with Crippen LogP contribution in [0.1, 0.15) is 41.0 Å². The first-order valence-corrected chi connectivity index (χ1v) is 9.76. The molecule has 0 spiro atoms. The van der Waals surface area contributed by atoms with E-state index in [1.807, 2.05) is 27.7 Å². The number of hydrogen-bond acceptors (Lipinski definition) is 4. The highest BCUT2D eigenvalue weighted by atomic mass is 28.4. The predicted molar refractivity (Wildman–Crippen MR) is 87.1 cm³/mol. The summed E-state index contributed by atoms with van der Waals surface area (Å²) in [5.41, 5.74) is 0.569. The van der Waals surface area contributed by atoms with Crippen molar-refractivity contribution >= 4 is 14.7 Å². The molecule has 1 amide bonds. The van der Waals surface area contributed by atoms with Gasteiger partial charge >= 0.3 is 8.80 Å².